The number of hydrogen-bond acceptors (Lipinski definition) is 0. The van der Waals surface area contributed by atoms with Gasteiger partial charge >= 0.3 is 27.9 Å². The van der Waals surface area contributed by atoms with Gasteiger partial charge in [-0.15, -0.1) is 0 Å². The number of hydrogen-bond donors (Lipinski definition) is 0. The summed E-state index contributed by atoms with van der Waals surface area (Å²) < 4.78 is 0. The Bertz CT molecular complexity index is 139. The van der Waals surface area contributed by atoms with Crippen LogP contribution in [0.4, 0.5) is 0 Å². The van der Waals surface area contributed by atoms with Gasteiger partial charge in [0.05, 0.1) is 0 Å². The summed E-state index contributed by atoms with van der Waals surface area (Å²) in [7, 11) is 0. The quantitative estimate of drug-likeness (QED) is 0.474. The maximum atomic E-state index is 3.69. The van der Waals surface area contributed by atoms with Crippen LogP contribution < -0.4 is 0 Å². The van der Waals surface area contributed by atoms with Gasteiger partial charge in [-0.05, 0) is 0 Å². The Labute approximate surface area is 70.8 Å². The molecule has 0 fully saturated rings. The van der Waals surface area contributed by atoms with Crippen LogP contribution in [-0.2, 0) is 13.7 Å². The first-order chi connectivity index (χ1) is 4.39. The second-order valence-corrected chi connectivity index (χ2v) is 1.55. The zero-order valence-corrected chi connectivity index (χ0v) is 7.58. The minimum atomic E-state index is 1.20. The fourth-order valence-corrected chi connectivity index (χ4v) is 0.483. The number of rotatable bonds is 0. The first-order valence-corrected chi connectivity index (χ1v) is 4.89. The Morgan fingerprint density at radius 1 is 1.44 bits per heavy atom. The van der Waals surface area contributed by atoms with Gasteiger partial charge in [0.2, 0.25) is 0 Å². The van der Waals surface area contributed by atoms with Crippen molar-refractivity contribution in [3.05, 3.63) is 35.9 Å². The first-order valence-electron chi connectivity index (χ1n) is 2.45. The second kappa shape index (κ2) is 6.32. The van der Waals surface area contributed by atoms with Gasteiger partial charge in [0.25, 0.3) is 0 Å². The van der Waals surface area contributed by atoms with Crippen LogP contribution in [0.2, 0.25) is 0 Å². The number of aryl methyl sites for hydroxylation is 1. The zero-order valence-electron chi connectivity index (χ0n) is 5.00. The van der Waals surface area contributed by atoms with Crippen molar-refractivity contribution in [2.75, 3.05) is 0 Å². The van der Waals surface area contributed by atoms with E-state index < -0.39 is 0 Å². The molecule has 0 amide bonds. The van der Waals surface area contributed by atoms with Crippen LogP contribution in [0, 0.1) is 13.0 Å². The van der Waals surface area contributed by atoms with E-state index in [1.165, 1.54) is 5.56 Å². The molecule has 53 valence electrons. The molecule has 1 aromatic rings. The molecule has 0 aliphatic heterocycles. The third kappa shape index (κ3) is 4.68. The van der Waals surface area contributed by atoms with Gasteiger partial charge in [-0.1, -0.05) is 6.92 Å². The molecule has 0 unspecified atom stereocenters. The molecule has 1 rings (SSSR count). The summed E-state index contributed by atoms with van der Waals surface area (Å²) in [6.45, 7) is 2.03. The van der Waals surface area contributed by atoms with Gasteiger partial charge < -0.3 is 0 Å². The van der Waals surface area contributed by atoms with Crippen molar-refractivity contribution >= 4 is 14.2 Å². The first kappa shape index (κ1) is 9.19. The molecule has 0 aliphatic carbocycles. The Kier molecular flexibility index (Phi) is 6.45. The standard InChI is InChI=1S/C7H7.BrH.Ni/c1-7-5-3-2-4-6-7;;/h2-5H,1H3;1H;/q-1;;+1/p-1. The molecule has 0 heterocycles. The number of benzene rings is 1. The maximum absolute atomic E-state index is 3.69. The van der Waals surface area contributed by atoms with E-state index in [2.05, 4.69) is 34.0 Å². The molecule has 2 heteroatoms. The van der Waals surface area contributed by atoms with Gasteiger partial charge in [0.1, 0.15) is 0 Å². The summed E-state index contributed by atoms with van der Waals surface area (Å²) in [5.41, 5.74) is 1.20. The van der Waals surface area contributed by atoms with Crippen molar-refractivity contribution in [3.8, 4) is 0 Å². The summed E-state index contributed by atoms with van der Waals surface area (Å²) in [6, 6.07) is 10.9. The van der Waals surface area contributed by atoms with Crippen molar-refractivity contribution < 1.29 is 13.7 Å². The molecule has 0 saturated heterocycles. The molecule has 1 aromatic carbocycles. The van der Waals surface area contributed by atoms with Gasteiger partial charge in [0, 0.05) is 0 Å². The predicted molar refractivity (Wildman–Crippen MR) is 38.9 cm³/mol. The Hall–Kier alpha value is 0.194. The van der Waals surface area contributed by atoms with E-state index in [-0.39, 0.29) is 0 Å². The molecule has 0 bridgehead atoms. The van der Waals surface area contributed by atoms with Crippen LogP contribution in [0.25, 0.3) is 0 Å². The molecule has 0 aromatic heterocycles. The van der Waals surface area contributed by atoms with Crippen molar-refractivity contribution in [2.24, 2.45) is 0 Å². The summed E-state index contributed by atoms with van der Waals surface area (Å²) in [5, 5.41) is 0. The van der Waals surface area contributed by atoms with Crippen LogP contribution in [0.5, 0.6) is 0 Å². The Morgan fingerprint density at radius 3 is 2.33 bits per heavy atom. The molecule has 0 radical (unpaired) electrons. The van der Waals surface area contributed by atoms with E-state index >= 15 is 0 Å². The van der Waals surface area contributed by atoms with E-state index in [9.17, 15) is 0 Å². The fourth-order valence-electron chi connectivity index (χ4n) is 0.483. The van der Waals surface area contributed by atoms with E-state index in [0.717, 1.165) is 0 Å². The molecule has 0 aliphatic rings. The third-order valence-corrected chi connectivity index (χ3v) is 0.865. The summed E-state index contributed by atoms with van der Waals surface area (Å²) in [5.74, 6) is 0. The van der Waals surface area contributed by atoms with Crippen molar-refractivity contribution in [1.82, 2.24) is 0 Å². The average molecular weight is 230 g/mol. The van der Waals surface area contributed by atoms with Crippen LogP contribution in [-0.4, -0.2) is 0 Å². The monoisotopic (exact) mass is 228 g/mol. The van der Waals surface area contributed by atoms with Crippen LogP contribution in [0.1, 0.15) is 5.56 Å². The van der Waals surface area contributed by atoms with Crippen molar-refractivity contribution in [1.29, 1.82) is 0 Å². The fraction of sp³-hybridized carbons (Fsp3) is 0.143. The molecule has 0 N–H and O–H groups in total. The topological polar surface area (TPSA) is 0 Å². The van der Waals surface area contributed by atoms with Gasteiger partial charge in [0.15, 0.2) is 0 Å². The van der Waals surface area contributed by atoms with Crippen molar-refractivity contribution in [3.63, 3.8) is 0 Å². The van der Waals surface area contributed by atoms with Gasteiger partial charge in [-0.2, -0.15) is 35.9 Å². The number of halogens is 1. The third-order valence-electron chi connectivity index (χ3n) is 0.865. The summed E-state index contributed by atoms with van der Waals surface area (Å²) >= 11 is 6.25. The zero-order chi connectivity index (χ0) is 7.11. The average Bonchev–Trinajstić information content (AvgIpc) is 1.94. The normalized spacial score (nSPS) is 7.56. The molecule has 0 nitrogen and oxygen atoms in total. The van der Waals surface area contributed by atoms with Crippen LogP contribution in [0.3, 0.4) is 0 Å². The van der Waals surface area contributed by atoms with Crippen LogP contribution >= 0.6 is 14.2 Å². The van der Waals surface area contributed by atoms with Crippen LogP contribution in [0.15, 0.2) is 24.3 Å². The van der Waals surface area contributed by atoms with Crippen molar-refractivity contribution in [2.45, 2.75) is 6.92 Å². The Balaban J connectivity index is 0.000000291. The minimum absolute atomic E-state index is 1.20. The molecular formula is C7H7BrNi-. The molecule has 0 atom stereocenters. The Morgan fingerprint density at radius 2 is 2.11 bits per heavy atom. The predicted octanol–water partition coefficient (Wildman–Crippen LogP) is 2.64. The van der Waals surface area contributed by atoms with E-state index in [4.69, 9.17) is 0 Å². The molecule has 9 heavy (non-hydrogen) atoms. The van der Waals surface area contributed by atoms with Gasteiger partial charge in [-0.3, -0.25) is 0 Å². The van der Waals surface area contributed by atoms with E-state index in [1.807, 2.05) is 31.2 Å². The van der Waals surface area contributed by atoms with Gasteiger partial charge in [-0.25, -0.2) is 0 Å². The van der Waals surface area contributed by atoms with E-state index in [0.29, 0.717) is 0 Å². The second-order valence-electron chi connectivity index (χ2n) is 1.55. The summed E-state index contributed by atoms with van der Waals surface area (Å²) in [4.78, 5) is 0. The summed E-state index contributed by atoms with van der Waals surface area (Å²) in [6.07, 6.45) is 0. The molecular weight excluding hydrogens is 223 g/mol. The SMILES string of the molecule is Cc1[c-]cccc1.[Ni][Br]. The molecule has 0 spiro atoms. The van der Waals surface area contributed by atoms with E-state index in [1.54, 1.807) is 0 Å². The molecule has 0 saturated carbocycles.